The topological polar surface area (TPSA) is 168 Å². The predicted octanol–water partition coefficient (Wildman–Crippen LogP) is -1.18. The second-order valence-corrected chi connectivity index (χ2v) is 8.34. The summed E-state index contributed by atoms with van der Waals surface area (Å²) >= 11 is 1.24. The minimum atomic E-state index is -1.07. The van der Waals surface area contributed by atoms with Crippen LogP contribution in [-0.4, -0.2) is 77.5 Å². The zero-order chi connectivity index (χ0) is 23.9. The molecule has 0 saturated carbocycles. The molecule has 1 aliphatic rings. The molecule has 1 heterocycles. The van der Waals surface area contributed by atoms with E-state index in [1.807, 2.05) is 0 Å². The standard InChI is InChI=1S/C20H31N5O6S/c1-14(26)32-12-4-2-3-5-16(27)24-15(20(31)23-9-8-21)13-17(28)22-10-11-25-18(29)6-7-19(25)30/h6-7,15H,2-5,8-13,21H2,1H3,(H,22,28)(H,23,31)(H,24,27). The Hall–Kier alpha value is -2.73. The second-order valence-electron chi connectivity index (χ2n) is 7.07. The van der Waals surface area contributed by atoms with Gasteiger partial charge in [0.05, 0.1) is 6.42 Å². The van der Waals surface area contributed by atoms with Crippen LogP contribution in [0.1, 0.15) is 39.0 Å². The van der Waals surface area contributed by atoms with E-state index in [9.17, 15) is 28.8 Å². The van der Waals surface area contributed by atoms with Crippen LogP contribution in [0.4, 0.5) is 0 Å². The monoisotopic (exact) mass is 469 g/mol. The normalized spacial score (nSPS) is 13.8. The van der Waals surface area contributed by atoms with Gasteiger partial charge in [-0.25, -0.2) is 0 Å². The van der Waals surface area contributed by atoms with E-state index in [2.05, 4.69) is 16.0 Å². The predicted molar refractivity (Wildman–Crippen MR) is 119 cm³/mol. The van der Waals surface area contributed by atoms with Gasteiger partial charge in [-0.2, -0.15) is 0 Å². The number of rotatable bonds is 15. The molecule has 0 spiro atoms. The van der Waals surface area contributed by atoms with Crippen LogP contribution in [0.2, 0.25) is 0 Å². The lowest BCUT2D eigenvalue weighted by atomic mass is 10.1. The number of carbonyl (C=O) groups excluding carboxylic acids is 6. The van der Waals surface area contributed by atoms with E-state index in [4.69, 9.17) is 5.73 Å². The zero-order valence-electron chi connectivity index (χ0n) is 18.2. The van der Waals surface area contributed by atoms with Gasteiger partial charge in [-0.1, -0.05) is 18.2 Å². The zero-order valence-corrected chi connectivity index (χ0v) is 19.0. The number of nitrogens with one attached hydrogen (secondary N) is 3. The number of amides is 5. The molecule has 0 aromatic heterocycles. The molecule has 1 unspecified atom stereocenters. The molecule has 0 bridgehead atoms. The molecule has 1 atom stereocenters. The average molecular weight is 470 g/mol. The van der Waals surface area contributed by atoms with Crippen molar-refractivity contribution in [2.24, 2.45) is 5.73 Å². The summed E-state index contributed by atoms with van der Waals surface area (Å²) in [7, 11) is 0. The lowest BCUT2D eigenvalue weighted by Gasteiger charge is -2.19. The molecule has 0 aromatic carbocycles. The lowest BCUT2D eigenvalue weighted by molar-refractivity contribution is -0.137. The van der Waals surface area contributed by atoms with E-state index in [1.54, 1.807) is 0 Å². The van der Waals surface area contributed by atoms with E-state index in [0.717, 1.165) is 29.9 Å². The van der Waals surface area contributed by atoms with Gasteiger partial charge in [-0.05, 0) is 12.8 Å². The van der Waals surface area contributed by atoms with Gasteiger partial charge in [0.1, 0.15) is 6.04 Å². The van der Waals surface area contributed by atoms with Crippen LogP contribution in [0, 0.1) is 0 Å². The summed E-state index contributed by atoms with van der Waals surface area (Å²) in [6, 6.07) is -1.07. The highest BCUT2D eigenvalue weighted by molar-refractivity contribution is 8.13. The molecule has 5 N–H and O–H groups in total. The van der Waals surface area contributed by atoms with Crippen LogP contribution >= 0.6 is 11.8 Å². The van der Waals surface area contributed by atoms with Gasteiger partial charge in [0.15, 0.2) is 5.12 Å². The molecular formula is C20H31N5O6S. The number of nitrogens with two attached hydrogens (primary N) is 1. The fourth-order valence-corrected chi connectivity index (χ4v) is 3.43. The molecule has 0 aromatic rings. The number of nitrogens with zero attached hydrogens (tertiary/aromatic N) is 1. The Morgan fingerprint density at radius 1 is 1.00 bits per heavy atom. The average Bonchev–Trinajstić information content (AvgIpc) is 3.05. The molecule has 1 rings (SSSR count). The number of hydrogen-bond donors (Lipinski definition) is 4. The molecule has 0 saturated heterocycles. The van der Waals surface area contributed by atoms with Crippen LogP contribution < -0.4 is 21.7 Å². The molecule has 0 fully saturated rings. The van der Waals surface area contributed by atoms with Crippen molar-refractivity contribution in [3.8, 4) is 0 Å². The molecule has 12 heteroatoms. The van der Waals surface area contributed by atoms with Crippen LogP contribution in [0.3, 0.4) is 0 Å². The molecule has 5 amide bonds. The van der Waals surface area contributed by atoms with Crippen molar-refractivity contribution >= 4 is 46.4 Å². The van der Waals surface area contributed by atoms with Crippen molar-refractivity contribution in [1.82, 2.24) is 20.9 Å². The van der Waals surface area contributed by atoms with Gasteiger partial charge in [0.2, 0.25) is 17.7 Å². The van der Waals surface area contributed by atoms with E-state index in [-0.39, 0.29) is 50.0 Å². The maximum absolute atomic E-state index is 12.3. The van der Waals surface area contributed by atoms with Crippen molar-refractivity contribution < 1.29 is 28.8 Å². The van der Waals surface area contributed by atoms with E-state index in [0.29, 0.717) is 12.2 Å². The van der Waals surface area contributed by atoms with Crippen LogP contribution in [0.15, 0.2) is 12.2 Å². The van der Waals surface area contributed by atoms with Crippen molar-refractivity contribution in [2.75, 3.05) is 31.9 Å². The van der Waals surface area contributed by atoms with Crippen molar-refractivity contribution in [1.29, 1.82) is 0 Å². The molecular weight excluding hydrogens is 438 g/mol. The van der Waals surface area contributed by atoms with Gasteiger partial charge in [0, 0.05) is 57.4 Å². The summed E-state index contributed by atoms with van der Waals surface area (Å²) in [5, 5.41) is 7.72. The van der Waals surface area contributed by atoms with Gasteiger partial charge in [-0.15, -0.1) is 0 Å². The van der Waals surface area contributed by atoms with E-state index >= 15 is 0 Å². The Kier molecular flexibility index (Phi) is 12.9. The van der Waals surface area contributed by atoms with Gasteiger partial charge >= 0.3 is 0 Å². The van der Waals surface area contributed by atoms with Gasteiger partial charge in [0.25, 0.3) is 11.8 Å². The van der Waals surface area contributed by atoms with Crippen molar-refractivity contribution in [3.05, 3.63) is 12.2 Å². The van der Waals surface area contributed by atoms with Crippen LogP contribution in [0.25, 0.3) is 0 Å². The van der Waals surface area contributed by atoms with Crippen molar-refractivity contribution in [3.63, 3.8) is 0 Å². The first-order valence-electron chi connectivity index (χ1n) is 10.4. The summed E-state index contributed by atoms with van der Waals surface area (Å²) in [6.07, 6.45) is 4.37. The minimum Gasteiger partial charge on any atom is -0.354 e. The maximum Gasteiger partial charge on any atom is 0.253 e. The first-order valence-corrected chi connectivity index (χ1v) is 11.4. The van der Waals surface area contributed by atoms with Gasteiger partial charge < -0.3 is 21.7 Å². The summed E-state index contributed by atoms with van der Waals surface area (Å²) in [6.45, 7) is 1.96. The SMILES string of the molecule is CC(=O)SCCCCCC(=O)NC(CC(=O)NCCN1C(=O)C=CC1=O)C(=O)NCCN. The fraction of sp³-hybridized carbons (Fsp3) is 0.600. The highest BCUT2D eigenvalue weighted by atomic mass is 32.2. The molecule has 0 aliphatic carbocycles. The molecule has 11 nitrogen and oxygen atoms in total. The third-order valence-electron chi connectivity index (χ3n) is 4.40. The molecule has 0 radical (unpaired) electrons. The maximum atomic E-state index is 12.3. The number of imide groups is 1. The number of carbonyl (C=O) groups is 6. The fourth-order valence-electron chi connectivity index (χ4n) is 2.79. The summed E-state index contributed by atoms with van der Waals surface area (Å²) in [4.78, 5) is 71.6. The second kappa shape index (κ2) is 15.1. The lowest BCUT2D eigenvalue weighted by Crippen LogP contribution is -2.50. The molecule has 1 aliphatic heterocycles. The highest BCUT2D eigenvalue weighted by Crippen LogP contribution is 2.08. The summed E-state index contributed by atoms with van der Waals surface area (Å²) in [5.41, 5.74) is 5.38. The Labute approximate surface area is 191 Å². The van der Waals surface area contributed by atoms with Gasteiger partial charge in [-0.3, -0.25) is 33.7 Å². The highest BCUT2D eigenvalue weighted by Gasteiger charge is 2.25. The Bertz CT molecular complexity index is 724. The van der Waals surface area contributed by atoms with Crippen molar-refractivity contribution in [2.45, 2.75) is 45.1 Å². The Morgan fingerprint density at radius 2 is 1.69 bits per heavy atom. The molecule has 178 valence electrons. The third kappa shape index (κ3) is 11.0. The molecule has 32 heavy (non-hydrogen) atoms. The number of thioether (sulfide) groups is 1. The smallest absolute Gasteiger partial charge is 0.253 e. The Morgan fingerprint density at radius 3 is 2.31 bits per heavy atom. The van der Waals surface area contributed by atoms with E-state index < -0.39 is 29.7 Å². The Balaban J connectivity index is 2.43. The van der Waals surface area contributed by atoms with E-state index in [1.165, 1.54) is 18.7 Å². The van der Waals surface area contributed by atoms with Crippen LogP contribution in [-0.2, 0) is 28.8 Å². The third-order valence-corrected chi connectivity index (χ3v) is 5.30. The first kappa shape index (κ1) is 27.3. The summed E-state index contributed by atoms with van der Waals surface area (Å²) in [5.74, 6) is -1.58. The quantitative estimate of drug-likeness (QED) is 0.172. The number of hydrogen-bond acceptors (Lipinski definition) is 8. The largest absolute Gasteiger partial charge is 0.354 e. The van der Waals surface area contributed by atoms with Crippen LogP contribution in [0.5, 0.6) is 0 Å². The first-order chi connectivity index (χ1) is 15.2. The summed E-state index contributed by atoms with van der Waals surface area (Å²) < 4.78 is 0. The number of unbranched alkanes of at least 4 members (excludes halogenated alkanes) is 2. The minimum absolute atomic E-state index is 0.00865.